The number of methoxy groups -OCH3 is 1. The Kier molecular flexibility index (Phi) is 5.84. The largest absolute Gasteiger partial charge is 0.481 e. The van der Waals surface area contributed by atoms with Crippen molar-refractivity contribution in [3.05, 3.63) is 56.9 Å². The van der Waals surface area contributed by atoms with E-state index in [-0.39, 0.29) is 18.0 Å². The van der Waals surface area contributed by atoms with Crippen LogP contribution in [0.4, 0.5) is 0 Å². The third kappa shape index (κ3) is 3.72. The van der Waals surface area contributed by atoms with E-state index in [1.807, 2.05) is 17.0 Å². The molecule has 31 heavy (non-hydrogen) atoms. The Bertz CT molecular complexity index is 1020. The molecule has 2 aromatic rings. The Balaban J connectivity index is 1.59. The summed E-state index contributed by atoms with van der Waals surface area (Å²) in [6, 6.07) is 6.98. The molecule has 0 saturated carbocycles. The van der Waals surface area contributed by atoms with Gasteiger partial charge in [0.2, 0.25) is 5.88 Å². The maximum Gasteiger partial charge on any atom is 0.255 e. The quantitative estimate of drug-likeness (QED) is 0.262. The van der Waals surface area contributed by atoms with Gasteiger partial charge in [-0.1, -0.05) is 11.2 Å². The minimum atomic E-state index is -0.958. The van der Waals surface area contributed by atoms with Gasteiger partial charge >= 0.3 is 0 Å². The number of fused-ring (bicyclic) bond motifs is 2. The number of hydrogen-bond acceptors (Lipinski definition) is 9. The lowest BCUT2D eigenvalue weighted by molar-refractivity contribution is 0.0475. The van der Waals surface area contributed by atoms with Crippen LogP contribution >= 0.6 is 11.3 Å². The smallest absolute Gasteiger partial charge is 0.255 e. The summed E-state index contributed by atoms with van der Waals surface area (Å²) < 4.78 is 5.22. The standard InChI is InChI=1S/C21H24N6O3S/c1-30-19-4-2-3-18(25-19)21(26-29)8-15-5-6-16(9-21)27(15)20(28)13-7-17(31-12-13)14(10-22)11-24-23/h2-4,7,10-12,15-16,22,24H,5-6,8-9,23H2,1H3/b14-11+,22-10?. The first-order valence-electron chi connectivity index (χ1n) is 9.99. The molecule has 2 saturated heterocycles. The first kappa shape index (κ1) is 21.1. The molecular weight excluding hydrogens is 416 g/mol. The van der Waals surface area contributed by atoms with Gasteiger partial charge in [-0.15, -0.1) is 16.2 Å². The zero-order chi connectivity index (χ0) is 22.0. The van der Waals surface area contributed by atoms with Crippen molar-refractivity contribution in [2.24, 2.45) is 11.0 Å². The van der Waals surface area contributed by atoms with Crippen molar-refractivity contribution in [1.82, 2.24) is 15.3 Å². The highest BCUT2D eigenvalue weighted by Gasteiger charge is 2.53. The molecular formula is C21H24N6O3S. The van der Waals surface area contributed by atoms with Crippen molar-refractivity contribution in [2.45, 2.75) is 43.3 Å². The fraction of sp³-hybridized carbons (Fsp3) is 0.381. The molecule has 2 aliphatic heterocycles. The van der Waals surface area contributed by atoms with Crippen molar-refractivity contribution < 1.29 is 9.53 Å². The normalized spacial score (nSPS) is 25.2. The van der Waals surface area contributed by atoms with E-state index < -0.39 is 5.54 Å². The van der Waals surface area contributed by atoms with Crippen LogP contribution in [0.25, 0.3) is 5.57 Å². The average molecular weight is 441 g/mol. The fourth-order valence-electron chi connectivity index (χ4n) is 4.70. The number of thiophene rings is 1. The predicted molar refractivity (Wildman–Crippen MR) is 119 cm³/mol. The number of nitroso groups, excluding NO2 is 1. The van der Waals surface area contributed by atoms with Crippen LogP contribution in [-0.4, -0.2) is 41.2 Å². The number of pyridine rings is 1. The second-order valence-electron chi connectivity index (χ2n) is 7.80. The lowest BCUT2D eigenvalue weighted by Crippen LogP contribution is -2.51. The first-order valence-corrected chi connectivity index (χ1v) is 10.9. The predicted octanol–water partition coefficient (Wildman–Crippen LogP) is 3.03. The number of hydrogen-bond donors (Lipinski definition) is 3. The van der Waals surface area contributed by atoms with Gasteiger partial charge in [0.1, 0.15) is 5.54 Å². The monoisotopic (exact) mass is 440 g/mol. The Morgan fingerprint density at radius 1 is 1.42 bits per heavy atom. The molecule has 0 spiro atoms. The van der Waals surface area contributed by atoms with Gasteiger partial charge in [-0.05, 0) is 25.0 Å². The molecule has 2 aromatic heterocycles. The summed E-state index contributed by atoms with van der Waals surface area (Å²) in [6.45, 7) is 0. The zero-order valence-corrected chi connectivity index (χ0v) is 17.9. The molecule has 162 valence electrons. The van der Waals surface area contributed by atoms with Crippen LogP contribution in [0, 0.1) is 10.3 Å². The SMILES string of the molecule is COc1cccc(C2(N=O)CC3CCC(C2)N3C(=O)c2csc(/C(C=N)=C/NN)c2)n1. The molecule has 10 heteroatoms. The van der Waals surface area contributed by atoms with E-state index in [2.05, 4.69) is 15.6 Å². The van der Waals surface area contributed by atoms with Crippen molar-refractivity contribution in [2.75, 3.05) is 7.11 Å². The molecule has 2 unspecified atom stereocenters. The zero-order valence-electron chi connectivity index (χ0n) is 17.1. The van der Waals surface area contributed by atoms with E-state index in [9.17, 15) is 9.70 Å². The molecule has 4 N–H and O–H groups in total. The number of hydrazine groups is 1. The summed E-state index contributed by atoms with van der Waals surface area (Å²) in [6.07, 6.45) is 5.25. The summed E-state index contributed by atoms with van der Waals surface area (Å²) >= 11 is 1.39. The third-order valence-electron chi connectivity index (χ3n) is 6.11. The molecule has 2 atom stereocenters. The molecule has 4 rings (SSSR count). The lowest BCUT2D eigenvalue weighted by Gasteiger charge is -2.42. The first-order chi connectivity index (χ1) is 15.0. The highest BCUT2D eigenvalue weighted by atomic mass is 32.1. The van der Waals surface area contributed by atoms with Crippen LogP contribution in [0.3, 0.4) is 0 Å². The number of aromatic nitrogens is 1. The second-order valence-corrected chi connectivity index (χ2v) is 8.72. The van der Waals surface area contributed by atoms with Crippen LogP contribution in [0.5, 0.6) is 5.88 Å². The van der Waals surface area contributed by atoms with Crippen molar-refractivity contribution in [3.8, 4) is 5.88 Å². The molecule has 9 nitrogen and oxygen atoms in total. The van der Waals surface area contributed by atoms with Gasteiger partial charge in [0.05, 0.1) is 18.4 Å². The van der Waals surface area contributed by atoms with E-state index in [0.29, 0.717) is 35.6 Å². The van der Waals surface area contributed by atoms with Crippen LogP contribution in [0.2, 0.25) is 0 Å². The van der Waals surface area contributed by atoms with E-state index in [1.54, 1.807) is 17.5 Å². The van der Waals surface area contributed by atoms with Gasteiger partial charge in [0, 0.05) is 59.2 Å². The number of carbonyl (C=O) groups excluding carboxylic acids is 1. The van der Waals surface area contributed by atoms with Crippen molar-refractivity contribution >= 4 is 29.0 Å². The number of ether oxygens (including phenoxy) is 1. The summed E-state index contributed by atoms with van der Waals surface area (Å²) in [5.74, 6) is 5.71. The molecule has 2 aliphatic rings. The summed E-state index contributed by atoms with van der Waals surface area (Å²) in [5.41, 5.74) is 3.24. The number of nitrogens with two attached hydrogens (primary N) is 1. The maximum absolute atomic E-state index is 13.4. The van der Waals surface area contributed by atoms with E-state index >= 15 is 0 Å². The number of amides is 1. The highest BCUT2D eigenvalue weighted by Crippen LogP contribution is 2.48. The highest BCUT2D eigenvalue weighted by molar-refractivity contribution is 7.11. The Morgan fingerprint density at radius 3 is 2.77 bits per heavy atom. The van der Waals surface area contributed by atoms with Gasteiger partial charge in [-0.25, -0.2) is 4.98 Å². The molecule has 0 aromatic carbocycles. The number of piperidine rings is 1. The van der Waals surface area contributed by atoms with Crippen LogP contribution < -0.4 is 16.0 Å². The van der Waals surface area contributed by atoms with Gasteiger partial charge in [-0.2, -0.15) is 0 Å². The number of nitrogens with one attached hydrogen (secondary N) is 2. The molecule has 2 bridgehead atoms. The number of rotatable bonds is 7. The summed E-state index contributed by atoms with van der Waals surface area (Å²) in [5, 5.41) is 12.9. The van der Waals surface area contributed by atoms with Gasteiger partial charge in [-0.3, -0.25) is 10.6 Å². The topological polar surface area (TPSA) is 134 Å². The van der Waals surface area contributed by atoms with Gasteiger partial charge < -0.3 is 20.5 Å². The van der Waals surface area contributed by atoms with Crippen LogP contribution in [-0.2, 0) is 5.54 Å². The minimum Gasteiger partial charge on any atom is -0.481 e. The Morgan fingerprint density at radius 2 is 2.16 bits per heavy atom. The lowest BCUT2D eigenvalue weighted by atomic mass is 9.80. The Hall–Kier alpha value is -3.11. The number of nitrogens with zero attached hydrogens (tertiary/aromatic N) is 3. The fourth-order valence-corrected chi connectivity index (χ4v) is 5.57. The average Bonchev–Trinajstić information content (AvgIpc) is 3.40. The second kappa shape index (κ2) is 8.56. The third-order valence-corrected chi connectivity index (χ3v) is 7.09. The molecule has 2 fully saturated rings. The molecule has 1 amide bonds. The van der Waals surface area contributed by atoms with Gasteiger partial charge in [0.15, 0.2) is 0 Å². The molecule has 0 radical (unpaired) electrons. The summed E-state index contributed by atoms with van der Waals surface area (Å²) in [7, 11) is 1.54. The minimum absolute atomic E-state index is 0.0573. The summed E-state index contributed by atoms with van der Waals surface area (Å²) in [4.78, 5) is 32.6. The van der Waals surface area contributed by atoms with E-state index in [4.69, 9.17) is 16.0 Å². The maximum atomic E-state index is 13.4. The number of carbonyl (C=O) groups is 1. The number of allylic oxidation sites excluding steroid dienone is 1. The van der Waals surface area contributed by atoms with Crippen molar-refractivity contribution in [3.63, 3.8) is 0 Å². The molecule has 0 aliphatic carbocycles. The van der Waals surface area contributed by atoms with Gasteiger partial charge in [0.25, 0.3) is 5.91 Å². The van der Waals surface area contributed by atoms with E-state index in [0.717, 1.165) is 17.7 Å². The van der Waals surface area contributed by atoms with Crippen LogP contribution in [0.15, 0.2) is 41.0 Å². The Labute approximate surface area is 183 Å². The van der Waals surface area contributed by atoms with E-state index in [1.165, 1.54) is 30.9 Å². The van der Waals surface area contributed by atoms with Crippen molar-refractivity contribution in [1.29, 1.82) is 5.41 Å². The molecule has 4 heterocycles. The van der Waals surface area contributed by atoms with Crippen LogP contribution in [0.1, 0.15) is 46.6 Å².